The largest absolute Gasteiger partial charge is 0.345 e. The fraction of sp³-hybridized carbons (Fsp3) is 0.263. The van der Waals surface area contributed by atoms with Gasteiger partial charge in [-0.1, -0.05) is 47.2 Å². The van der Waals surface area contributed by atoms with Crippen LogP contribution >= 0.6 is 22.9 Å². The fourth-order valence-electron chi connectivity index (χ4n) is 3.05. The number of carbonyl (C=O) groups excluding carboxylic acids is 1. The van der Waals surface area contributed by atoms with Crippen molar-refractivity contribution in [1.82, 2.24) is 9.88 Å². The van der Waals surface area contributed by atoms with Crippen LogP contribution in [-0.4, -0.2) is 42.1 Å². The van der Waals surface area contributed by atoms with Crippen LogP contribution in [0.15, 0.2) is 42.5 Å². The summed E-state index contributed by atoms with van der Waals surface area (Å²) in [4.78, 5) is 21.3. The van der Waals surface area contributed by atoms with Gasteiger partial charge in [-0.2, -0.15) is 0 Å². The van der Waals surface area contributed by atoms with Gasteiger partial charge in [-0.25, -0.2) is 9.78 Å². The first-order valence-electron chi connectivity index (χ1n) is 8.53. The van der Waals surface area contributed by atoms with Crippen LogP contribution in [-0.2, 0) is 0 Å². The standard InChI is InChI=1S/C19H19ClN4OS/c1-13-7-8-15(20)17-16(13)22-19(26-17)24-11-9-23(10-12-24)18(25)21-14-5-3-2-4-6-14/h2-8H,9-12H2,1H3,(H,21,25). The van der Waals surface area contributed by atoms with Crippen LogP contribution in [0.3, 0.4) is 0 Å². The number of fused-ring (bicyclic) bond motifs is 1. The lowest BCUT2D eigenvalue weighted by atomic mass is 10.2. The number of piperazine rings is 1. The molecule has 4 rings (SSSR count). The first-order chi connectivity index (χ1) is 12.6. The molecule has 0 spiro atoms. The number of aryl methyl sites for hydroxylation is 1. The third kappa shape index (κ3) is 3.34. The average Bonchev–Trinajstić information content (AvgIpc) is 3.13. The van der Waals surface area contributed by atoms with E-state index >= 15 is 0 Å². The second-order valence-electron chi connectivity index (χ2n) is 6.31. The number of hydrogen-bond donors (Lipinski definition) is 1. The predicted octanol–water partition coefficient (Wildman–Crippen LogP) is 4.61. The van der Waals surface area contributed by atoms with Gasteiger partial charge in [0.05, 0.1) is 15.2 Å². The van der Waals surface area contributed by atoms with Gasteiger partial charge in [0.25, 0.3) is 0 Å². The smallest absolute Gasteiger partial charge is 0.321 e. The fourth-order valence-corrected chi connectivity index (χ4v) is 4.42. The van der Waals surface area contributed by atoms with Crippen molar-refractivity contribution >= 4 is 50.0 Å². The predicted molar refractivity (Wildman–Crippen MR) is 109 cm³/mol. The number of nitrogens with zero attached hydrogens (tertiary/aromatic N) is 3. The SMILES string of the molecule is Cc1ccc(Cl)c2sc(N3CCN(C(=O)Nc4ccccc4)CC3)nc12. The minimum Gasteiger partial charge on any atom is -0.345 e. The molecule has 0 unspecified atom stereocenters. The lowest BCUT2D eigenvalue weighted by Crippen LogP contribution is -2.50. The number of hydrogen-bond acceptors (Lipinski definition) is 4. The molecule has 2 aromatic carbocycles. The van der Waals surface area contributed by atoms with Crippen LogP contribution in [0.2, 0.25) is 5.02 Å². The van der Waals surface area contributed by atoms with Gasteiger partial charge in [-0.05, 0) is 30.7 Å². The maximum Gasteiger partial charge on any atom is 0.321 e. The van der Waals surface area contributed by atoms with Crippen LogP contribution in [0.5, 0.6) is 0 Å². The van der Waals surface area contributed by atoms with E-state index in [4.69, 9.17) is 16.6 Å². The molecular formula is C19H19ClN4OS. The molecule has 1 fully saturated rings. The Balaban J connectivity index is 1.43. The molecule has 1 saturated heterocycles. The van der Waals surface area contributed by atoms with E-state index in [0.29, 0.717) is 13.1 Å². The van der Waals surface area contributed by atoms with E-state index in [9.17, 15) is 4.79 Å². The minimum absolute atomic E-state index is 0.0564. The topological polar surface area (TPSA) is 48.5 Å². The Hall–Kier alpha value is -2.31. The number of amides is 2. The molecule has 2 amide bonds. The first kappa shape index (κ1) is 17.1. The van der Waals surface area contributed by atoms with E-state index in [1.165, 1.54) is 0 Å². The Morgan fingerprint density at radius 3 is 2.54 bits per heavy atom. The van der Waals surface area contributed by atoms with Crippen LogP contribution in [0.4, 0.5) is 15.6 Å². The van der Waals surface area contributed by atoms with E-state index < -0.39 is 0 Å². The van der Waals surface area contributed by atoms with Crippen LogP contribution in [0.1, 0.15) is 5.56 Å². The molecule has 0 atom stereocenters. The molecule has 7 heteroatoms. The summed E-state index contributed by atoms with van der Waals surface area (Å²) in [5.74, 6) is 0. The minimum atomic E-state index is -0.0564. The summed E-state index contributed by atoms with van der Waals surface area (Å²) >= 11 is 7.93. The Labute approximate surface area is 161 Å². The van der Waals surface area contributed by atoms with E-state index in [1.807, 2.05) is 54.3 Å². The van der Waals surface area contributed by atoms with Gasteiger partial charge in [0, 0.05) is 31.9 Å². The number of aromatic nitrogens is 1. The summed E-state index contributed by atoms with van der Waals surface area (Å²) < 4.78 is 1.03. The Morgan fingerprint density at radius 1 is 1.12 bits per heavy atom. The monoisotopic (exact) mass is 386 g/mol. The molecular weight excluding hydrogens is 368 g/mol. The van der Waals surface area contributed by atoms with E-state index in [1.54, 1.807) is 11.3 Å². The first-order valence-corrected chi connectivity index (χ1v) is 9.73. The van der Waals surface area contributed by atoms with Crippen molar-refractivity contribution in [2.45, 2.75) is 6.92 Å². The highest BCUT2D eigenvalue weighted by Gasteiger charge is 2.23. The van der Waals surface area contributed by atoms with Gasteiger partial charge in [0.15, 0.2) is 5.13 Å². The average molecular weight is 387 g/mol. The van der Waals surface area contributed by atoms with Gasteiger partial charge < -0.3 is 15.1 Å². The lowest BCUT2D eigenvalue weighted by molar-refractivity contribution is 0.208. The molecule has 2 heterocycles. The Kier molecular flexibility index (Phi) is 4.70. The highest BCUT2D eigenvalue weighted by molar-refractivity contribution is 7.22. The summed E-state index contributed by atoms with van der Waals surface area (Å²) in [5.41, 5.74) is 2.92. The molecule has 5 nitrogen and oxygen atoms in total. The number of halogens is 1. The number of nitrogens with one attached hydrogen (secondary N) is 1. The van der Waals surface area contributed by atoms with Crippen molar-refractivity contribution in [2.75, 3.05) is 36.4 Å². The molecule has 3 aromatic rings. The van der Waals surface area contributed by atoms with Crippen molar-refractivity contribution in [1.29, 1.82) is 0 Å². The third-order valence-electron chi connectivity index (χ3n) is 4.55. The second kappa shape index (κ2) is 7.13. The van der Waals surface area contributed by atoms with Crippen molar-refractivity contribution < 1.29 is 4.79 Å². The molecule has 1 aliphatic rings. The highest BCUT2D eigenvalue weighted by Crippen LogP contribution is 2.35. The van der Waals surface area contributed by atoms with Crippen LogP contribution < -0.4 is 10.2 Å². The van der Waals surface area contributed by atoms with Crippen molar-refractivity contribution in [3.05, 3.63) is 53.1 Å². The van der Waals surface area contributed by atoms with Gasteiger partial charge in [-0.15, -0.1) is 0 Å². The normalized spacial score (nSPS) is 14.7. The summed E-state index contributed by atoms with van der Waals surface area (Å²) in [6.45, 7) is 4.91. The number of thiazole rings is 1. The van der Waals surface area contributed by atoms with E-state index in [-0.39, 0.29) is 6.03 Å². The summed E-state index contributed by atoms with van der Waals surface area (Å²) in [6, 6.07) is 13.4. The zero-order chi connectivity index (χ0) is 18.1. The number of benzene rings is 2. The van der Waals surface area contributed by atoms with Gasteiger partial charge in [0.2, 0.25) is 0 Å². The van der Waals surface area contributed by atoms with Gasteiger partial charge in [0.1, 0.15) is 0 Å². The molecule has 0 bridgehead atoms. The number of urea groups is 1. The lowest BCUT2D eigenvalue weighted by Gasteiger charge is -2.34. The van der Waals surface area contributed by atoms with Crippen molar-refractivity contribution in [3.8, 4) is 0 Å². The van der Waals surface area contributed by atoms with Crippen LogP contribution in [0, 0.1) is 6.92 Å². The zero-order valence-corrected chi connectivity index (χ0v) is 16.0. The quantitative estimate of drug-likeness (QED) is 0.699. The van der Waals surface area contributed by atoms with Crippen molar-refractivity contribution in [2.24, 2.45) is 0 Å². The zero-order valence-electron chi connectivity index (χ0n) is 14.4. The number of para-hydroxylation sites is 1. The molecule has 1 N–H and O–H groups in total. The van der Waals surface area contributed by atoms with Crippen molar-refractivity contribution in [3.63, 3.8) is 0 Å². The molecule has 1 aliphatic heterocycles. The molecule has 134 valence electrons. The summed E-state index contributed by atoms with van der Waals surface area (Å²) in [7, 11) is 0. The Bertz CT molecular complexity index is 896. The van der Waals surface area contributed by atoms with E-state index in [0.717, 1.165) is 44.7 Å². The van der Waals surface area contributed by atoms with Gasteiger partial charge >= 0.3 is 6.03 Å². The molecule has 26 heavy (non-hydrogen) atoms. The third-order valence-corrected chi connectivity index (χ3v) is 6.12. The number of anilines is 2. The maximum absolute atomic E-state index is 12.4. The summed E-state index contributed by atoms with van der Waals surface area (Å²) in [5, 5.41) is 4.66. The molecule has 0 radical (unpaired) electrons. The maximum atomic E-state index is 12.4. The molecule has 0 saturated carbocycles. The van der Waals surface area contributed by atoms with Gasteiger partial charge in [-0.3, -0.25) is 0 Å². The molecule has 0 aliphatic carbocycles. The molecule has 1 aromatic heterocycles. The number of carbonyl (C=O) groups is 1. The number of rotatable bonds is 2. The Morgan fingerprint density at radius 2 is 1.85 bits per heavy atom. The highest BCUT2D eigenvalue weighted by atomic mass is 35.5. The summed E-state index contributed by atoms with van der Waals surface area (Å²) in [6.07, 6.45) is 0. The second-order valence-corrected chi connectivity index (χ2v) is 7.69. The van der Waals surface area contributed by atoms with Crippen LogP contribution in [0.25, 0.3) is 10.2 Å². The van der Waals surface area contributed by atoms with E-state index in [2.05, 4.69) is 10.2 Å².